The maximum atomic E-state index is 10.3. The van der Waals surface area contributed by atoms with E-state index in [2.05, 4.69) is 5.32 Å². The zero-order valence-electron chi connectivity index (χ0n) is 6.84. The Morgan fingerprint density at radius 1 is 1.73 bits per heavy atom. The highest BCUT2D eigenvalue weighted by Gasteiger charge is 2.19. The molecule has 0 bridgehead atoms. The summed E-state index contributed by atoms with van der Waals surface area (Å²) in [5.74, 6) is -0.718. The molecule has 1 aliphatic rings. The number of aliphatic carboxylic acids is 1. The van der Waals surface area contributed by atoms with Crippen LogP contribution in [0, 0.1) is 0 Å². The van der Waals surface area contributed by atoms with Gasteiger partial charge in [-0.05, 0) is 19.8 Å². The normalized spacial score (nSPS) is 20.8. The van der Waals surface area contributed by atoms with Gasteiger partial charge < -0.3 is 10.4 Å². The Morgan fingerprint density at radius 2 is 2.36 bits per heavy atom. The van der Waals surface area contributed by atoms with Gasteiger partial charge in [0.25, 0.3) is 0 Å². The first-order chi connectivity index (χ1) is 5.18. The second kappa shape index (κ2) is 3.72. The van der Waals surface area contributed by atoms with E-state index in [-0.39, 0.29) is 12.5 Å². The van der Waals surface area contributed by atoms with E-state index < -0.39 is 5.97 Å². The van der Waals surface area contributed by atoms with Gasteiger partial charge in [0.1, 0.15) is 0 Å². The van der Waals surface area contributed by atoms with Gasteiger partial charge in [0, 0.05) is 12.1 Å². The van der Waals surface area contributed by atoms with E-state index in [1.165, 1.54) is 19.3 Å². The minimum Gasteiger partial charge on any atom is -0.481 e. The molecule has 0 heterocycles. The molecule has 64 valence electrons. The van der Waals surface area contributed by atoms with Crippen LogP contribution in [0.4, 0.5) is 0 Å². The van der Waals surface area contributed by atoms with Gasteiger partial charge in [-0.15, -0.1) is 0 Å². The highest BCUT2D eigenvalue weighted by atomic mass is 16.4. The second-order valence-electron chi connectivity index (χ2n) is 3.29. The summed E-state index contributed by atoms with van der Waals surface area (Å²) in [5, 5.41) is 11.7. The van der Waals surface area contributed by atoms with E-state index in [0.29, 0.717) is 6.04 Å². The number of carboxylic acid groups (broad SMARTS) is 1. The molecule has 3 heteroatoms. The third kappa shape index (κ3) is 2.89. The molecule has 0 radical (unpaired) electrons. The molecule has 1 fully saturated rings. The zero-order valence-corrected chi connectivity index (χ0v) is 6.84. The maximum Gasteiger partial charge on any atom is 0.304 e. The Bertz CT molecular complexity index is 143. The zero-order chi connectivity index (χ0) is 8.27. The topological polar surface area (TPSA) is 49.3 Å². The monoisotopic (exact) mass is 157 g/mol. The van der Waals surface area contributed by atoms with E-state index >= 15 is 0 Å². The van der Waals surface area contributed by atoms with Gasteiger partial charge in [-0.3, -0.25) is 4.79 Å². The molecular weight excluding hydrogens is 142 g/mol. The summed E-state index contributed by atoms with van der Waals surface area (Å²) in [6.07, 6.45) is 3.95. The van der Waals surface area contributed by atoms with Gasteiger partial charge in [-0.25, -0.2) is 0 Å². The summed E-state index contributed by atoms with van der Waals surface area (Å²) < 4.78 is 0. The summed E-state index contributed by atoms with van der Waals surface area (Å²) in [6.45, 7) is 1.92. The maximum absolute atomic E-state index is 10.3. The van der Waals surface area contributed by atoms with Crippen molar-refractivity contribution in [2.24, 2.45) is 0 Å². The molecule has 0 spiro atoms. The molecule has 11 heavy (non-hydrogen) atoms. The lowest BCUT2D eigenvalue weighted by atomic mass is 9.92. The van der Waals surface area contributed by atoms with Crippen molar-refractivity contribution in [2.75, 3.05) is 0 Å². The first-order valence-corrected chi connectivity index (χ1v) is 4.16. The Morgan fingerprint density at radius 3 is 2.73 bits per heavy atom. The van der Waals surface area contributed by atoms with Crippen LogP contribution in [-0.4, -0.2) is 23.2 Å². The highest BCUT2D eigenvalue weighted by molar-refractivity contribution is 5.67. The summed E-state index contributed by atoms with van der Waals surface area (Å²) in [7, 11) is 0. The molecular formula is C8H15NO2. The average molecular weight is 157 g/mol. The lowest BCUT2D eigenvalue weighted by Gasteiger charge is -2.29. The Balaban J connectivity index is 2.09. The lowest BCUT2D eigenvalue weighted by molar-refractivity contribution is -0.137. The minimum absolute atomic E-state index is 0.123. The molecule has 0 aromatic heterocycles. The van der Waals surface area contributed by atoms with Crippen LogP contribution in [0.5, 0.6) is 0 Å². The largest absolute Gasteiger partial charge is 0.481 e. The number of carboxylic acids is 1. The van der Waals surface area contributed by atoms with Crippen LogP contribution in [-0.2, 0) is 4.79 Å². The summed E-state index contributed by atoms with van der Waals surface area (Å²) in [4.78, 5) is 10.3. The van der Waals surface area contributed by atoms with Gasteiger partial charge >= 0.3 is 5.97 Å². The van der Waals surface area contributed by atoms with Crippen molar-refractivity contribution in [1.29, 1.82) is 0 Å². The second-order valence-corrected chi connectivity index (χ2v) is 3.29. The number of hydrogen-bond acceptors (Lipinski definition) is 2. The van der Waals surface area contributed by atoms with Crippen LogP contribution in [0.25, 0.3) is 0 Å². The van der Waals surface area contributed by atoms with Crippen molar-refractivity contribution < 1.29 is 9.90 Å². The van der Waals surface area contributed by atoms with E-state index in [1.807, 2.05) is 6.92 Å². The smallest absolute Gasteiger partial charge is 0.304 e. The van der Waals surface area contributed by atoms with Crippen LogP contribution in [0.2, 0.25) is 0 Å². The van der Waals surface area contributed by atoms with Crippen molar-refractivity contribution in [3.8, 4) is 0 Å². The molecule has 1 rings (SSSR count). The number of hydrogen-bond donors (Lipinski definition) is 2. The molecule has 0 aromatic rings. The van der Waals surface area contributed by atoms with Gasteiger partial charge in [0.05, 0.1) is 6.42 Å². The van der Waals surface area contributed by atoms with Gasteiger partial charge in [0.15, 0.2) is 0 Å². The van der Waals surface area contributed by atoms with Crippen LogP contribution in [0.15, 0.2) is 0 Å². The minimum atomic E-state index is -0.718. The summed E-state index contributed by atoms with van der Waals surface area (Å²) in [6, 6.07) is 0.710. The van der Waals surface area contributed by atoms with Crippen LogP contribution in [0.1, 0.15) is 32.6 Å². The molecule has 0 aliphatic heterocycles. The quantitative estimate of drug-likeness (QED) is 0.639. The highest BCUT2D eigenvalue weighted by Crippen LogP contribution is 2.18. The predicted molar refractivity (Wildman–Crippen MR) is 42.5 cm³/mol. The Kier molecular flexibility index (Phi) is 2.88. The van der Waals surface area contributed by atoms with E-state index in [4.69, 9.17) is 5.11 Å². The van der Waals surface area contributed by atoms with Crippen molar-refractivity contribution in [3.63, 3.8) is 0 Å². The molecule has 0 saturated heterocycles. The predicted octanol–water partition coefficient (Wildman–Crippen LogP) is 0.992. The van der Waals surface area contributed by atoms with E-state index in [0.717, 1.165) is 0 Å². The van der Waals surface area contributed by atoms with Crippen LogP contribution < -0.4 is 5.32 Å². The van der Waals surface area contributed by atoms with Crippen molar-refractivity contribution in [1.82, 2.24) is 5.32 Å². The molecule has 0 amide bonds. The fourth-order valence-electron chi connectivity index (χ4n) is 1.30. The number of carbonyl (C=O) groups is 1. The standard InChI is InChI=1S/C8H15NO2/c1-6(5-8(10)11)9-7-3-2-4-7/h6-7,9H,2-5H2,1H3,(H,10,11). The summed E-state index contributed by atoms with van der Waals surface area (Å²) >= 11 is 0. The molecule has 1 atom stereocenters. The Hall–Kier alpha value is -0.570. The SMILES string of the molecule is CC(CC(=O)O)NC1CCC1. The van der Waals surface area contributed by atoms with Crippen LogP contribution >= 0.6 is 0 Å². The third-order valence-electron chi connectivity index (χ3n) is 2.11. The molecule has 1 unspecified atom stereocenters. The fourth-order valence-corrected chi connectivity index (χ4v) is 1.30. The third-order valence-corrected chi connectivity index (χ3v) is 2.11. The number of nitrogens with one attached hydrogen (secondary N) is 1. The molecule has 0 aromatic carbocycles. The van der Waals surface area contributed by atoms with Crippen molar-refractivity contribution in [3.05, 3.63) is 0 Å². The number of rotatable bonds is 4. The summed E-state index contributed by atoms with van der Waals surface area (Å²) in [5.41, 5.74) is 0. The van der Waals surface area contributed by atoms with Gasteiger partial charge in [-0.1, -0.05) is 6.42 Å². The van der Waals surface area contributed by atoms with E-state index in [1.54, 1.807) is 0 Å². The van der Waals surface area contributed by atoms with Crippen LogP contribution in [0.3, 0.4) is 0 Å². The van der Waals surface area contributed by atoms with Crippen molar-refractivity contribution in [2.45, 2.75) is 44.7 Å². The Labute approximate surface area is 66.8 Å². The fraction of sp³-hybridized carbons (Fsp3) is 0.875. The average Bonchev–Trinajstić information content (AvgIpc) is 1.77. The molecule has 2 N–H and O–H groups in total. The van der Waals surface area contributed by atoms with Crippen molar-refractivity contribution >= 4 is 5.97 Å². The molecule has 1 aliphatic carbocycles. The first kappa shape index (κ1) is 8.53. The first-order valence-electron chi connectivity index (χ1n) is 4.16. The van der Waals surface area contributed by atoms with Gasteiger partial charge in [0.2, 0.25) is 0 Å². The van der Waals surface area contributed by atoms with E-state index in [9.17, 15) is 4.79 Å². The molecule has 1 saturated carbocycles. The van der Waals surface area contributed by atoms with Gasteiger partial charge in [-0.2, -0.15) is 0 Å². The lowest BCUT2D eigenvalue weighted by Crippen LogP contribution is -2.41. The molecule has 3 nitrogen and oxygen atoms in total.